The molecule has 0 bridgehead atoms. The topological polar surface area (TPSA) is 76.4 Å². The highest BCUT2D eigenvalue weighted by molar-refractivity contribution is 9.10. The Hall–Kier alpha value is -1.82. The van der Waals surface area contributed by atoms with Crippen LogP contribution in [0, 0.1) is 13.8 Å². The number of hydrogen-bond acceptors (Lipinski definition) is 3. The molecule has 1 aromatic carbocycles. The summed E-state index contributed by atoms with van der Waals surface area (Å²) < 4.78 is 2.60. The van der Waals surface area contributed by atoms with Crippen molar-refractivity contribution in [1.29, 1.82) is 0 Å². The molecule has 1 heterocycles. The normalized spacial score (nSPS) is 11.9. The van der Waals surface area contributed by atoms with Gasteiger partial charge in [-0.05, 0) is 53.9 Å². The lowest BCUT2D eigenvalue weighted by molar-refractivity contribution is 0.318. The van der Waals surface area contributed by atoms with Crippen LogP contribution in [0.25, 0.3) is 5.69 Å². The molecule has 2 rings (SSSR count). The average Bonchev–Trinajstić information content (AvgIpc) is 2.72. The SMILES string of the molecule is CCc1c(C)nn(-c2cccc(Br)c2/C(N)=N/O)c1C. The van der Waals surface area contributed by atoms with Gasteiger partial charge in [-0.15, -0.1) is 0 Å². The van der Waals surface area contributed by atoms with Crippen LogP contribution in [0.2, 0.25) is 0 Å². The molecule has 5 nitrogen and oxygen atoms in total. The molecule has 3 N–H and O–H groups in total. The predicted octanol–water partition coefficient (Wildman–Crippen LogP) is 2.91. The molecule has 0 aliphatic rings. The number of aryl methyl sites for hydroxylation is 1. The minimum Gasteiger partial charge on any atom is -0.409 e. The van der Waals surface area contributed by atoms with Crippen molar-refractivity contribution in [3.8, 4) is 5.69 Å². The molecular weight excluding hydrogens is 320 g/mol. The van der Waals surface area contributed by atoms with Crippen LogP contribution in [0.5, 0.6) is 0 Å². The van der Waals surface area contributed by atoms with Gasteiger partial charge in [-0.3, -0.25) is 0 Å². The van der Waals surface area contributed by atoms with Gasteiger partial charge in [-0.1, -0.05) is 18.1 Å². The van der Waals surface area contributed by atoms with Gasteiger partial charge in [0.25, 0.3) is 0 Å². The van der Waals surface area contributed by atoms with Crippen LogP contribution in [-0.2, 0) is 6.42 Å². The fourth-order valence-corrected chi connectivity index (χ4v) is 2.97. The summed E-state index contributed by atoms with van der Waals surface area (Å²) in [4.78, 5) is 0. The predicted molar refractivity (Wildman–Crippen MR) is 82.6 cm³/mol. The maximum absolute atomic E-state index is 8.97. The summed E-state index contributed by atoms with van der Waals surface area (Å²) in [5.74, 6) is 0.0538. The average molecular weight is 337 g/mol. The second kappa shape index (κ2) is 5.66. The summed E-state index contributed by atoms with van der Waals surface area (Å²) in [6, 6.07) is 5.65. The highest BCUT2D eigenvalue weighted by Gasteiger charge is 2.17. The Balaban J connectivity index is 2.74. The van der Waals surface area contributed by atoms with E-state index in [9.17, 15) is 0 Å². The van der Waals surface area contributed by atoms with Crippen molar-refractivity contribution in [3.63, 3.8) is 0 Å². The molecule has 6 heteroatoms. The van der Waals surface area contributed by atoms with Crippen LogP contribution in [0.15, 0.2) is 27.8 Å². The number of nitrogens with zero attached hydrogens (tertiary/aromatic N) is 3. The fourth-order valence-electron chi connectivity index (χ4n) is 2.41. The van der Waals surface area contributed by atoms with Crippen LogP contribution in [0.1, 0.15) is 29.4 Å². The molecule has 0 saturated carbocycles. The molecule has 0 unspecified atom stereocenters. The van der Waals surface area contributed by atoms with Crippen molar-refractivity contribution in [2.24, 2.45) is 10.9 Å². The van der Waals surface area contributed by atoms with Gasteiger partial charge in [0.15, 0.2) is 5.84 Å². The van der Waals surface area contributed by atoms with Crippen LogP contribution in [-0.4, -0.2) is 20.8 Å². The number of amidine groups is 1. The first kappa shape index (κ1) is 14.6. The number of benzene rings is 1. The van der Waals surface area contributed by atoms with Crippen LogP contribution in [0.4, 0.5) is 0 Å². The molecule has 1 aromatic heterocycles. The third-order valence-corrected chi connectivity index (χ3v) is 4.04. The van der Waals surface area contributed by atoms with E-state index in [0.717, 1.165) is 28.0 Å². The van der Waals surface area contributed by atoms with Crippen molar-refractivity contribution in [3.05, 3.63) is 45.2 Å². The third kappa shape index (κ3) is 2.31. The summed E-state index contributed by atoms with van der Waals surface area (Å²) in [5.41, 5.74) is 10.5. The van der Waals surface area contributed by atoms with Gasteiger partial charge in [0.1, 0.15) is 0 Å². The largest absolute Gasteiger partial charge is 0.409 e. The molecular formula is C14H17BrN4O. The van der Waals surface area contributed by atoms with E-state index in [1.165, 1.54) is 5.56 Å². The standard InChI is InChI=1S/C14H17BrN4O/c1-4-10-8(2)17-19(9(10)3)12-7-5-6-11(15)13(12)14(16)18-20/h5-7,20H,4H2,1-3H3,(H2,16,18). The number of oxime groups is 1. The Morgan fingerprint density at radius 3 is 2.70 bits per heavy atom. The highest BCUT2D eigenvalue weighted by atomic mass is 79.9. The van der Waals surface area contributed by atoms with Crippen molar-refractivity contribution < 1.29 is 5.21 Å². The highest BCUT2D eigenvalue weighted by Crippen LogP contribution is 2.26. The Morgan fingerprint density at radius 2 is 2.15 bits per heavy atom. The lowest BCUT2D eigenvalue weighted by Crippen LogP contribution is -2.18. The lowest BCUT2D eigenvalue weighted by atomic mass is 10.1. The number of nitrogens with two attached hydrogens (primary N) is 1. The Morgan fingerprint density at radius 1 is 1.45 bits per heavy atom. The maximum Gasteiger partial charge on any atom is 0.173 e. The van der Waals surface area contributed by atoms with Crippen LogP contribution in [0.3, 0.4) is 0 Å². The second-order valence-corrected chi connectivity index (χ2v) is 5.39. The lowest BCUT2D eigenvalue weighted by Gasteiger charge is -2.12. The minimum absolute atomic E-state index is 0.0538. The minimum atomic E-state index is 0.0538. The van der Waals surface area contributed by atoms with E-state index in [1.54, 1.807) is 0 Å². The monoisotopic (exact) mass is 336 g/mol. The van der Waals surface area contributed by atoms with Crippen molar-refractivity contribution in [2.45, 2.75) is 27.2 Å². The molecule has 0 atom stereocenters. The molecule has 2 aromatic rings. The summed E-state index contributed by atoms with van der Waals surface area (Å²) in [6.07, 6.45) is 0.921. The molecule has 106 valence electrons. The summed E-state index contributed by atoms with van der Waals surface area (Å²) >= 11 is 3.44. The molecule has 20 heavy (non-hydrogen) atoms. The van der Waals surface area contributed by atoms with E-state index >= 15 is 0 Å². The van der Waals surface area contributed by atoms with Gasteiger partial charge in [0.05, 0.1) is 16.9 Å². The Labute approximate surface area is 126 Å². The van der Waals surface area contributed by atoms with Crippen molar-refractivity contribution >= 4 is 21.8 Å². The zero-order valence-corrected chi connectivity index (χ0v) is 13.3. The van der Waals surface area contributed by atoms with Gasteiger partial charge >= 0.3 is 0 Å². The fraction of sp³-hybridized carbons (Fsp3) is 0.286. The zero-order chi connectivity index (χ0) is 14.9. The molecule has 0 aliphatic heterocycles. The van der Waals surface area contributed by atoms with Gasteiger partial charge in [-0.2, -0.15) is 5.10 Å². The number of halogens is 1. The van der Waals surface area contributed by atoms with Gasteiger partial charge in [0, 0.05) is 10.2 Å². The zero-order valence-electron chi connectivity index (χ0n) is 11.7. The van der Waals surface area contributed by atoms with Gasteiger partial charge < -0.3 is 10.9 Å². The Bertz CT molecular complexity index is 676. The summed E-state index contributed by atoms with van der Waals surface area (Å²) in [5, 5.41) is 16.7. The third-order valence-electron chi connectivity index (χ3n) is 3.38. The van der Waals surface area contributed by atoms with Crippen molar-refractivity contribution in [2.75, 3.05) is 0 Å². The first-order valence-corrected chi connectivity index (χ1v) is 7.12. The second-order valence-electron chi connectivity index (χ2n) is 4.53. The Kier molecular flexibility index (Phi) is 4.13. The van der Waals surface area contributed by atoms with Gasteiger partial charge in [0.2, 0.25) is 0 Å². The molecule has 0 fully saturated rings. The quantitative estimate of drug-likeness (QED) is 0.391. The summed E-state index contributed by atoms with van der Waals surface area (Å²) in [7, 11) is 0. The van der Waals surface area contributed by atoms with Gasteiger partial charge in [-0.25, -0.2) is 4.68 Å². The van der Waals surface area contributed by atoms with E-state index < -0.39 is 0 Å². The van der Waals surface area contributed by atoms with E-state index in [2.05, 4.69) is 33.1 Å². The van der Waals surface area contributed by atoms with E-state index in [-0.39, 0.29) is 5.84 Å². The molecule has 0 aliphatic carbocycles. The number of rotatable bonds is 3. The molecule has 0 amide bonds. The van der Waals surface area contributed by atoms with Crippen LogP contribution < -0.4 is 5.73 Å². The number of aromatic nitrogens is 2. The van der Waals surface area contributed by atoms with Crippen molar-refractivity contribution in [1.82, 2.24) is 9.78 Å². The molecule has 0 radical (unpaired) electrons. The smallest absolute Gasteiger partial charge is 0.173 e. The first-order chi connectivity index (χ1) is 9.51. The molecule has 0 saturated heterocycles. The summed E-state index contributed by atoms with van der Waals surface area (Å²) in [6.45, 7) is 6.12. The first-order valence-electron chi connectivity index (χ1n) is 6.33. The van der Waals surface area contributed by atoms with Crippen LogP contribution >= 0.6 is 15.9 Å². The van der Waals surface area contributed by atoms with E-state index in [1.807, 2.05) is 36.7 Å². The van der Waals surface area contributed by atoms with E-state index in [4.69, 9.17) is 10.9 Å². The van der Waals surface area contributed by atoms with E-state index in [0.29, 0.717) is 5.56 Å². The molecule has 0 spiro atoms. The number of hydrogen-bond donors (Lipinski definition) is 2. The maximum atomic E-state index is 8.97.